The van der Waals surface area contributed by atoms with E-state index < -0.39 is 18.5 Å². The van der Waals surface area contributed by atoms with Gasteiger partial charge in [0.15, 0.2) is 6.61 Å². The third-order valence-electron chi connectivity index (χ3n) is 5.09. The lowest BCUT2D eigenvalue weighted by atomic mass is 10.1. The van der Waals surface area contributed by atoms with Gasteiger partial charge in [-0.25, -0.2) is 0 Å². The van der Waals surface area contributed by atoms with E-state index in [0.29, 0.717) is 22.7 Å². The number of nitrogens with one attached hydrogen (secondary N) is 2. The van der Waals surface area contributed by atoms with Crippen LogP contribution in [0, 0.1) is 0 Å². The summed E-state index contributed by atoms with van der Waals surface area (Å²) in [6.07, 6.45) is -0.0182. The first-order chi connectivity index (χ1) is 17.0. The molecule has 8 heteroatoms. The number of esters is 1. The second kappa shape index (κ2) is 12.8. The van der Waals surface area contributed by atoms with Crippen molar-refractivity contribution in [3.05, 3.63) is 90.0 Å². The van der Waals surface area contributed by atoms with Crippen molar-refractivity contribution >= 4 is 23.5 Å². The number of methoxy groups -OCH3 is 1. The zero-order valence-electron chi connectivity index (χ0n) is 19.7. The smallest absolute Gasteiger partial charge is 0.309 e. The van der Waals surface area contributed by atoms with E-state index in [1.807, 2.05) is 37.3 Å². The highest BCUT2D eigenvalue weighted by Gasteiger charge is 2.16. The highest BCUT2D eigenvalue weighted by Crippen LogP contribution is 2.19. The third-order valence-corrected chi connectivity index (χ3v) is 5.09. The average Bonchev–Trinajstić information content (AvgIpc) is 2.88. The van der Waals surface area contributed by atoms with Gasteiger partial charge in [-0.05, 0) is 48.9 Å². The molecular formula is C27H28N2O6. The molecule has 0 spiro atoms. The molecule has 35 heavy (non-hydrogen) atoms. The van der Waals surface area contributed by atoms with Crippen molar-refractivity contribution in [1.29, 1.82) is 0 Å². The van der Waals surface area contributed by atoms with Crippen molar-refractivity contribution in [3.63, 3.8) is 0 Å². The minimum atomic E-state index is -0.573. The number of carbonyl (C=O) groups is 3. The van der Waals surface area contributed by atoms with Crippen molar-refractivity contribution in [1.82, 2.24) is 5.32 Å². The summed E-state index contributed by atoms with van der Waals surface area (Å²) in [4.78, 5) is 37.1. The number of para-hydroxylation sites is 1. The summed E-state index contributed by atoms with van der Waals surface area (Å²) in [7, 11) is 1.57. The summed E-state index contributed by atoms with van der Waals surface area (Å²) in [5.74, 6) is -0.160. The minimum Gasteiger partial charge on any atom is -0.497 e. The zero-order valence-corrected chi connectivity index (χ0v) is 19.7. The molecule has 1 atom stereocenters. The van der Waals surface area contributed by atoms with Crippen LogP contribution in [0.1, 0.15) is 35.3 Å². The van der Waals surface area contributed by atoms with Crippen molar-refractivity contribution < 1.29 is 28.6 Å². The maximum absolute atomic E-state index is 12.8. The SMILES string of the molecule is COc1ccc(OCCC(=O)OCC(=O)Nc2ccccc2C(=O)NC(C)c2ccccc2)cc1. The summed E-state index contributed by atoms with van der Waals surface area (Å²) in [6, 6.07) is 22.9. The maximum atomic E-state index is 12.8. The molecule has 0 aliphatic carbocycles. The number of hydrogen-bond donors (Lipinski definition) is 2. The van der Waals surface area contributed by atoms with Crippen LogP contribution >= 0.6 is 0 Å². The standard InChI is InChI=1S/C27H28N2O6/c1-19(20-8-4-3-5-9-20)28-27(32)23-10-6-7-11-24(23)29-25(30)18-35-26(31)16-17-34-22-14-12-21(33-2)13-15-22/h3-15,19H,16-18H2,1-2H3,(H,28,32)(H,29,30). The van der Waals surface area contributed by atoms with Gasteiger partial charge in [-0.15, -0.1) is 0 Å². The van der Waals surface area contributed by atoms with E-state index in [1.165, 1.54) is 0 Å². The Kier molecular flexibility index (Phi) is 9.24. The molecule has 0 radical (unpaired) electrons. The highest BCUT2D eigenvalue weighted by molar-refractivity contribution is 6.04. The fraction of sp³-hybridized carbons (Fsp3) is 0.222. The van der Waals surface area contributed by atoms with Crippen LogP contribution in [0.15, 0.2) is 78.9 Å². The molecule has 2 amide bonds. The molecule has 3 rings (SSSR count). The second-order valence-corrected chi connectivity index (χ2v) is 7.63. The van der Waals surface area contributed by atoms with Crippen molar-refractivity contribution in [3.8, 4) is 11.5 Å². The van der Waals surface area contributed by atoms with E-state index in [4.69, 9.17) is 14.2 Å². The second-order valence-electron chi connectivity index (χ2n) is 7.63. The van der Waals surface area contributed by atoms with Crippen LogP contribution in [-0.4, -0.2) is 38.1 Å². The molecule has 2 N–H and O–H groups in total. The van der Waals surface area contributed by atoms with Gasteiger partial charge in [0.2, 0.25) is 0 Å². The molecule has 0 aromatic heterocycles. The van der Waals surface area contributed by atoms with Crippen molar-refractivity contribution in [2.24, 2.45) is 0 Å². The Morgan fingerprint density at radius 3 is 2.23 bits per heavy atom. The summed E-state index contributed by atoms with van der Waals surface area (Å²) in [5, 5.41) is 5.56. The molecular weight excluding hydrogens is 448 g/mol. The van der Waals surface area contributed by atoms with Gasteiger partial charge in [-0.3, -0.25) is 14.4 Å². The van der Waals surface area contributed by atoms with Gasteiger partial charge < -0.3 is 24.8 Å². The molecule has 0 saturated carbocycles. The van der Waals surface area contributed by atoms with Gasteiger partial charge in [-0.2, -0.15) is 0 Å². The van der Waals surface area contributed by atoms with Crippen LogP contribution in [0.4, 0.5) is 5.69 Å². The zero-order chi connectivity index (χ0) is 25.0. The average molecular weight is 477 g/mol. The predicted octanol–water partition coefficient (Wildman–Crippen LogP) is 4.14. The predicted molar refractivity (Wildman–Crippen MR) is 131 cm³/mol. The first-order valence-corrected chi connectivity index (χ1v) is 11.1. The Balaban J connectivity index is 1.45. The first-order valence-electron chi connectivity index (χ1n) is 11.1. The Hall–Kier alpha value is -4.33. The van der Waals surface area contributed by atoms with E-state index in [2.05, 4.69) is 10.6 Å². The van der Waals surface area contributed by atoms with E-state index in [0.717, 1.165) is 5.56 Å². The van der Waals surface area contributed by atoms with E-state index in [9.17, 15) is 14.4 Å². The number of carbonyl (C=O) groups excluding carboxylic acids is 3. The van der Waals surface area contributed by atoms with Crippen molar-refractivity contribution in [2.45, 2.75) is 19.4 Å². The lowest BCUT2D eigenvalue weighted by Gasteiger charge is -2.16. The molecule has 0 saturated heterocycles. The number of hydrogen-bond acceptors (Lipinski definition) is 6. The van der Waals surface area contributed by atoms with E-state index in [1.54, 1.807) is 55.6 Å². The van der Waals surface area contributed by atoms with Gasteiger partial charge in [0.05, 0.1) is 37.4 Å². The van der Waals surface area contributed by atoms with E-state index >= 15 is 0 Å². The van der Waals surface area contributed by atoms with Crippen LogP contribution in [0.25, 0.3) is 0 Å². The monoisotopic (exact) mass is 476 g/mol. The van der Waals surface area contributed by atoms with Crippen LogP contribution in [0.3, 0.4) is 0 Å². The number of anilines is 1. The molecule has 0 heterocycles. The largest absolute Gasteiger partial charge is 0.497 e. The molecule has 0 bridgehead atoms. The fourth-order valence-corrected chi connectivity index (χ4v) is 3.22. The third kappa shape index (κ3) is 7.89. The molecule has 0 aliphatic rings. The maximum Gasteiger partial charge on any atom is 0.309 e. The van der Waals surface area contributed by atoms with Gasteiger partial charge in [-0.1, -0.05) is 42.5 Å². The van der Waals surface area contributed by atoms with Gasteiger partial charge in [0.1, 0.15) is 11.5 Å². The number of benzene rings is 3. The number of ether oxygens (including phenoxy) is 3. The molecule has 1 unspecified atom stereocenters. The molecule has 3 aromatic carbocycles. The lowest BCUT2D eigenvalue weighted by Crippen LogP contribution is -2.28. The lowest BCUT2D eigenvalue weighted by molar-refractivity contribution is -0.147. The summed E-state index contributed by atoms with van der Waals surface area (Å²) in [6.45, 7) is 1.51. The first kappa shape index (κ1) is 25.3. The van der Waals surface area contributed by atoms with Gasteiger partial charge in [0.25, 0.3) is 11.8 Å². The Bertz CT molecular complexity index is 1130. The molecule has 0 aliphatic heterocycles. The number of amides is 2. The van der Waals surface area contributed by atoms with Crippen molar-refractivity contribution in [2.75, 3.05) is 25.6 Å². The van der Waals surface area contributed by atoms with Crippen LogP contribution < -0.4 is 20.1 Å². The minimum absolute atomic E-state index is 0.0182. The Labute approximate surface area is 204 Å². The van der Waals surface area contributed by atoms with Gasteiger partial charge >= 0.3 is 5.97 Å². The van der Waals surface area contributed by atoms with E-state index in [-0.39, 0.29) is 25.0 Å². The molecule has 8 nitrogen and oxygen atoms in total. The number of rotatable bonds is 11. The van der Waals surface area contributed by atoms with Crippen LogP contribution in [0.5, 0.6) is 11.5 Å². The fourth-order valence-electron chi connectivity index (χ4n) is 3.22. The molecule has 182 valence electrons. The highest BCUT2D eigenvalue weighted by atomic mass is 16.5. The summed E-state index contributed by atoms with van der Waals surface area (Å²) >= 11 is 0. The molecule has 3 aromatic rings. The Morgan fingerprint density at radius 1 is 0.857 bits per heavy atom. The normalized spacial score (nSPS) is 11.1. The quantitative estimate of drug-likeness (QED) is 0.403. The van der Waals surface area contributed by atoms with Gasteiger partial charge in [0, 0.05) is 0 Å². The van der Waals surface area contributed by atoms with Crippen LogP contribution in [-0.2, 0) is 14.3 Å². The molecule has 0 fully saturated rings. The summed E-state index contributed by atoms with van der Waals surface area (Å²) < 4.78 is 15.6. The summed E-state index contributed by atoms with van der Waals surface area (Å²) in [5.41, 5.74) is 1.60. The topological polar surface area (TPSA) is 103 Å². The van der Waals surface area contributed by atoms with Crippen LogP contribution in [0.2, 0.25) is 0 Å². The Morgan fingerprint density at radius 2 is 1.51 bits per heavy atom.